The highest BCUT2D eigenvalue weighted by Crippen LogP contribution is 2.40. The van der Waals surface area contributed by atoms with E-state index in [1.54, 1.807) is 0 Å². The van der Waals surface area contributed by atoms with Crippen molar-refractivity contribution < 1.29 is 178 Å². The minimum Gasteiger partial charge on any atom is -0.394 e. The predicted molar refractivity (Wildman–Crippen MR) is 316 cm³/mol. The number of aliphatic hydroxyl groups is 19. The van der Waals surface area contributed by atoms with E-state index in [0.29, 0.717) is 12.8 Å². The van der Waals surface area contributed by atoms with E-state index in [1.807, 2.05) is 6.92 Å². The van der Waals surface area contributed by atoms with Crippen LogP contribution >= 0.6 is 0 Å². The highest BCUT2D eigenvalue weighted by atomic mass is 16.8. The number of amides is 3. The third kappa shape index (κ3) is 17.0. The Morgan fingerprint density at radius 3 is 1.09 bits per heavy atom. The zero-order valence-electron chi connectivity index (χ0n) is 53.2. The van der Waals surface area contributed by atoms with Crippen LogP contribution in [0.2, 0.25) is 0 Å². The summed E-state index contributed by atoms with van der Waals surface area (Å²) in [5, 5.41) is 225. The molecule has 7 fully saturated rings. The van der Waals surface area contributed by atoms with Crippen LogP contribution in [0, 0.1) is 0 Å². The van der Waals surface area contributed by atoms with Gasteiger partial charge in [0, 0.05) is 30.8 Å². The molecule has 16 bridgehead atoms. The second kappa shape index (κ2) is 34.0. The first kappa shape index (κ1) is 77.9. The van der Waals surface area contributed by atoms with Gasteiger partial charge in [-0.25, -0.2) is 4.79 Å². The number of benzene rings is 1. The molecule has 1 aromatic carbocycles. The van der Waals surface area contributed by atoms with Gasteiger partial charge in [0.05, 0.1) is 45.2 Å². The van der Waals surface area contributed by atoms with Gasteiger partial charge >= 0.3 is 6.03 Å². The maximum Gasteiger partial charge on any atom is 0.319 e. The van der Waals surface area contributed by atoms with Gasteiger partial charge in [-0.2, -0.15) is 0 Å². The number of fused-ring (bicyclic) bond motifs is 5. The summed E-state index contributed by atoms with van der Waals surface area (Å²) >= 11 is 0. The molecule has 3 amide bonds. The molecule has 24 N–H and O–H groups in total. The van der Waals surface area contributed by atoms with Crippen molar-refractivity contribution in [1.29, 1.82) is 0 Å². The maximum atomic E-state index is 14.3. The lowest BCUT2D eigenvalue weighted by Crippen LogP contribution is -2.68. The molecular formula is C59H92N4O36. The van der Waals surface area contributed by atoms with E-state index in [-0.39, 0.29) is 23.4 Å². The molecule has 15 rings (SSSR count). The standard InChI is InChI=1S/C59H92N4O36/c1-2-3-4-5-21(60)22(69)10-18-8-19-11-20(9-18)63-59(85)61-12-24-46-32(72)39(79)53(87-24)96-48-26(14-65)91-57(43(83)36(48)76)97-49-27(15-66)88-54(40(80)33(49)73)93-45-23(6-7-30(70)62-19)86-52(38(78)31(45)71)95-47-25(13-64)90-56(42(82)35(47)75)99-51-29(17-68)92-58(44(84)37(51)77)98-50-28(16-67)89-55(94-46)41(81)34(50)74/h8-9,11,21,23-29,31-58,64-68,71-84H,2-7,10,12-17,60H2,1H3,(H,62,70)(H2,61,63,85). The molecule has 564 valence electrons. The number of carbonyl (C=O) groups excluding carboxylic acids is 3. The molecule has 14 heterocycles. The zero-order valence-corrected chi connectivity index (χ0v) is 53.2. The summed E-state index contributed by atoms with van der Waals surface area (Å²) in [4.78, 5) is 42.1. The number of hydrogen-bond donors (Lipinski definition) is 23. The third-order valence-corrected chi connectivity index (χ3v) is 19.0. The first-order valence-corrected chi connectivity index (χ1v) is 32.7. The molecule has 14 aliphatic heterocycles. The Labute approximate surface area is 563 Å². The largest absolute Gasteiger partial charge is 0.394 e. The number of nitrogens with one attached hydrogen (secondary N) is 3. The van der Waals surface area contributed by atoms with Gasteiger partial charge in [0.2, 0.25) is 5.91 Å². The van der Waals surface area contributed by atoms with Crippen molar-refractivity contribution in [1.82, 2.24) is 5.32 Å². The van der Waals surface area contributed by atoms with Crippen LogP contribution in [-0.4, -0.2) is 375 Å². The molecule has 7 saturated heterocycles. The Morgan fingerprint density at radius 2 is 0.737 bits per heavy atom. The highest BCUT2D eigenvalue weighted by Gasteiger charge is 2.60. The van der Waals surface area contributed by atoms with Gasteiger partial charge in [-0.3, -0.25) is 9.59 Å². The molecule has 40 heteroatoms. The van der Waals surface area contributed by atoms with Crippen LogP contribution in [0.4, 0.5) is 16.2 Å². The molecule has 0 radical (unpaired) electrons. The second-order valence-electron chi connectivity index (χ2n) is 25.9. The Balaban J connectivity index is 1.06. The number of ether oxygens (including phenoxy) is 14. The number of carbonyl (C=O) groups is 3. The van der Waals surface area contributed by atoms with Gasteiger partial charge in [-0.15, -0.1) is 0 Å². The fraction of sp³-hybridized carbons (Fsp3) is 0.847. The molecule has 0 aromatic heterocycles. The van der Waals surface area contributed by atoms with Gasteiger partial charge in [0.1, 0.15) is 165 Å². The topological polar surface area (TPSA) is 627 Å². The smallest absolute Gasteiger partial charge is 0.319 e. The molecule has 0 aliphatic carbocycles. The average Bonchev–Trinajstić information content (AvgIpc) is 0.788. The van der Waals surface area contributed by atoms with Crippen LogP contribution in [0.1, 0.15) is 51.0 Å². The minimum atomic E-state index is -2.32. The quantitative estimate of drug-likeness (QED) is 0.0864. The second-order valence-corrected chi connectivity index (χ2v) is 25.9. The number of aliphatic hydroxyl groups excluding tert-OH is 19. The van der Waals surface area contributed by atoms with Crippen molar-refractivity contribution in [2.24, 2.45) is 5.73 Å². The molecule has 14 aliphatic rings. The number of rotatable bonds is 12. The Bertz CT molecular complexity index is 2780. The minimum absolute atomic E-state index is 0.0630. The summed E-state index contributed by atoms with van der Waals surface area (Å²) in [6.45, 7) is -4.33. The van der Waals surface area contributed by atoms with Gasteiger partial charge in [0.15, 0.2) is 49.8 Å². The van der Waals surface area contributed by atoms with Crippen molar-refractivity contribution in [3.05, 3.63) is 23.8 Å². The van der Waals surface area contributed by atoms with Crippen molar-refractivity contribution in [3.8, 4) is 0 Å². The van der Waals surface area contributed by atoms with Crippen molar-refractivity contribution in [2.45, 2.75) is 273 Å². The molecule has 0 saturated carbocycles. The van der Waals surface area contributed by atoms with Gasteiger partial charge in [0.25, 0.3) is 0 Å². The summed E-state index contributed by atoms with van der Waals surface area (Å²) in [5.74, 6) is -1.29. The van der Waals surface area contributed by atoms with Crippen molar-refractivity contribution in [2.75, 3.05) is 50.2 Å². The third-order valence-electron chi connectivity index (χ3n) is 19.0. The van der Waals surface area contributed by atoms with Crippen LogP contribution in [0.15, 0.2) is 18.2 Å². The van der Waals surface area contributed by atoms with E-state index < -0.39 is 291 Å². The van der Waals surface area contributed by atoms with E-state index in [1.165, 1.54) is 18.2 Å². The monoisotopic (exact) mass is 1430 g/mol. The normalized spacial score (nSPS) is 46.9. The number of urea groups is 1. The number of hydrogen-bond acceptors (Lipinski definition) is 37. The predicted octanol–water partition coefficient (Wildman–Crippen LogP) is -11.6. The van der Waals surface area contributed by atoms with Gasteiger partial charge in [-0.05, 0) is 36.6 Å². The van der Waals surface area contributed by atoms with Crippen LogP contribution in [0.25, 0.3) is 0 Å². The zero-order chi connectivity index (χ0) is 71.6. The summed E-state index contributed by atoms with van der Waals surface area (Å²) < 4.78 is 82.9. The van der Waals surface area contributed by atoms with Gasteiger partial charge in [-0.1, -0.05) is 26.2 Å². The molecule has 99 heavy (non-hydrogen) atoms. The first-order chi connectivity index (χ1) is 47.2. The van der Waals surface area contributed by atoms with E-state index in [0.717, 1.165) is 12.8 Å². The summed E-state index contributed by atoms with van der Waals surface area (Å²) in [5.41, 5.74) is 6.33. The molecule has 36 atom stereocenters. The van der Waals surface area contributed by atoms with E-state index in [2.05, 4.69) is 16.0 Å². The lowest BCUT2D eigenvalue weighted by Gasteiger charge is -2.50. The molecule has 1 aromatic rings. The van der Waals surface area contributed by atoms with E-state index in [4.69, 9.17) is 72.0 Å². The number of anilines is 2. The van der Waals surface area contributed by atoms with Crippen molar-refractivity contribution >= 4 is 29.1 Å². The van der Waals surface area contributed by atoms with Crippen molar-refractivity contribution in [3.63, 3.8) is 0 Å². The molecule has 0 spiro atoms. The number of unbranched alkanes of at least 4 members (excludes halogenated alkanes) is 2. The average molecular weight is 1430 g/mol. The SMILES string of the molecule is CCCCCC(N)C(=O)Cc1cc2cc(c1)NC(=O)NCC1OC3OC4C(CO)OC(OC5C(CO)OC(OC6C(CCC(=O)N2)OC(OC2C(CO)OC(OC7C(CO)OC(OC8C(CO)OC(OC1C(O)C3O)C(O)C8O)C(O)C7O)C(O)C2O)C(O)C6O)C(O)C5O)C(O)C4O. The van der Waals surface area contributed by atoms with Crippen LogP contribution < -0.4 is 21.7 Å². The number of Topliss-reactive ketones (excluding diaryl/α,β-unsaturated/α-hetero) is 1. The maximum absolute atomic E-state index is 14.3. The number of ketones is 1. The summed E-state index contributed by atoms with van der Waals surface area (Å²) in [7, 11) is 0. The lowest BCUT2D eigenvalue weighted by atomic mass is 9.93. The molecule has 40 nitrogen and oxygen atoms in total. The Morgan fingerprint density at radius 1 is 0.424 bits per heavy atom. The first-order valence-electron chi connectivity index (χ1n) is 32.7. The van der Waals surface area contributed by atoms with Crippen LogP contribution in [-0.2, 0) is 82.3 Å². The van der Waals surface area contributed by atoms with Gasteiger partial charge < -0.3 is 185 Å². The Hall–Kier alpha value is -3.73. The van der Waals surface area contributed by atoms with E-state index in [9.17, 15) is 111 Å². The van der Waals surface area contributed by atoms with Crippen LogP contribution in [0.3, 0.4) is 0 Å². The van der Waals surface area contributed by atoms with Crippen LogP contribution in [0.5, 0.6) is 0 Å². The summed E-state index contributed by atoms with van der Waals surface area (Å²) in [6, 6.07) is 1.98. The molecular weight excluding hydrogens is 1340 g/mol. The van der Waals surface area contributed by atoms with E-state index >= 15 is 0 Å². The fourth-order valence-electron chi connectivity index (χ4n) is 13.4. The number of nitrogens with two attached hydrogens (primary N) is 1. The lowest BCUT2D eigenvalue weighted by molar-refractivity contribution is -0.396. The summed E-state index contributed by atoms with van der Waals surface area (Å²) in [6.07, 6.45) is -72.1. The highest BCUT2D eigenvalue weighted by molar-refractivity contribution is 5.94. The Kier molecular flexibility index (Phi) is 26.8. The fourth-order valence-corrected chi connectivity index (χ4v) is 13.4. The molecule has 36 unspecified atom stereocenters.